The molecule has 144 valence electrons. The Kier molecular flexibility index (Phi) is 7.68. The summed E-state index contributed by atoms with van der Waals surface area (Å²) in [6.45, 7) is 5.80. The summed E-state index contributed by atoms with van der Waals surface area (Å²) in [7, 11) is 0. The van der Waals surface area contributed by atoms with E-state index in [2.05, 4.69) is 5.32 Å². The lowest BCUT2D eigenvalue weighted by Gasteiger charge is -2.20. The molecule has 2 aromatic carbocycles. The molecule has 27 heavy (non-hydrogen) atoms. The highest BCUT2D eigenvalue weighted by Gasteiger charge is 2.26. The second-order valence-corrected chi connectivity index (χ2v) is 7.71. The molecule has 0 aromatic heterocycles. The van der Waals surface area contributed by atoms with Crippen molar-refractivity contribution in [3.8, 4) is 0 Å². The van der Waals surface area contributed by atoms with Crippen molar-refractivity contribution in [2.75, 3.05) is 11.9 Å². The summed E-state index contributed by atoms with van der Waals surface area (Å²) in [5.74, 6) is -1.45. The number of rotatable bonds is 7. The number of carbonyl (C=O) groups is 2. The molecule has 0 saturated carbocycles. The van der Waals surface area contributed by atoms with E-state index < -0.39 is 17.0 Å². The van der Waals surface area contributed by atoms with Crippen LogP contribution in [0, 0.1) is 11.7 Å². The lowest BCUT2D eigenvalue weighted by atomic mass is 10.1. The number of halogens is 2. The zero-order chi connectivity index (χ0) is 20.0. The van der Waals surface area contributed by atoms with Crippen molar-refractivity contribution in [3.63, 3.8) is 0 Å². The van der Waals surface area contributed by atoms with Crippen LogP contribution in [-0.4, -0.2) is 23.7 Å². The van der Waals surface area contributed by atoms with Gasteiger partial charge in [-0.25, -0.2) is 4.39 Å². The summed E-state index contributed by atoms with van der Waals surface area (Å²) in [5.41, 5.74) is 0.412. The van der Waals surface area contributed by atoms with Crippen molar-refractivity contribution >= 4 is 40.9 Å². The van der Waals surface area contributed by atoms with Gasteiger partial charge in [-0.2, -0.15) is 0 Å². The number of anilines is 1. The number of hydrogen-bond donors (Lipinski definition) is 1. The van der Waals surface area contributed by atoms with Gasteiger partial charge < -0.3 is 10.1 Å². The minimum absolute atomic E-state index is 0.00196. The summed E-state index contributed by atoms with van der Waals surface area (Å²) in [6.07, 6.45) is 0. The van der Waals surface area contributed by atoms with E-state index in [0.29, 0.717) is 10.5 Å². The van der Waals surface area contributed by atoms with Crippen molar-refractivity contribution in [1.82, 2.24) is 0 Å². The van der Waals surface area contributed by atoms with E-state index in [9.17, 15) is 14.0 Å². The van der Waals surface area contributed by atoms with E-state index in [1.54, 1.807) is 37.3 Å². The van der Waals surface area contributed by atoms with Gasteiger partial charge in [0, 0.05) is 10.5 Å². The zero-order valence-corrected chi connectivity index (χ0v) is 16.9. The van der Waals surface area contributed by atoms with E-state index in [-0.39, 0.29) is 29.2 Å². The zero-order valence-electron chi connectivity index (χ0n) is 15.3. The number of hydrogen-bond acceptors (Lipinski definition) is 4. The molecule has 0 spiro atoms. The lowest BCUT2D eigenvalue weighted by Crippen LogP contribution is -2.25. The Labute approximate surface area is 167 Å². The number of amides is 1. The highest BCUT2D eigenvalue weighted by atomic mass is 35.5. The fraction of sp³-hybridized carbons (Fsp3) is 0.300. The van der Waals surface area contributed by atoms with Crippen LogP contribution in [0.4, 0.5) is 10.1 Å². The number of benzene rings is 2. The second kappa shape index (κ2) is 9.76. The minimum Gasteiger partial charge on any atom is -0.465 e. The van der Waals surface area contributed by atoms with Gasteiger partial charge in [-0.1, -0.05) is 43.6 Å². The first-order valence-electron chi connectivity index (χ1n) is 8.52. The van der Waals surface area contributed by atoms with Crippen molar-refractivity contribution in [3.05, 3.63) is 58.9 Å². The highest BCUT2D eigenvalue weighted by Crippen LogP contribution is 2.37. The summed E-state index contributed by atoms with van der Waals surface area (Å²) in [5, 5.41) is 2.23. The van der Waals surface area contributed by atoms with Crippen molar-refractivity contribution in [1.29, 1.82) is 0 Å². The van der Waals surface area contributed by atoms with E-state index in [1.807, 2.05) is 13.8 Å². The predicted molar refractivity (Wildman–Crippen MR) is 107 cm³/mol. The Balaban J connectivity index is 2.26. The molecule has 0 aliphatic carbocycles. The molecule has 0 heterocycles. The quantitative estimate of drug-likeness (QED) is 0.490. The summed E-state index contributed by atoms with van der Waals surface area (Å²) in [6, 6.07) is 11.1. The lowest BCUT2D eigenvalue weighted by molar-refractivity contribution is -0.143. The monoisotopic (exact) mass is 409 g/mol. The summed E-state index contributed by atoms with van der Waals surface area (Å²) >= 11 is 7.35. The Morgan fingerprint density at radius 2 is 1.89 bits per heavy atom. The smallest absolute Gasteiger partial charge is 0.319 e. The molecule has 0 bridgehead atoms. The van der Waals surface area contributed by atoms with Gasteiger partial charge in [0.1, 0.15) is 11.1 Å². The molecule has 0 fully saturated rings. The van der Waals surface area contributed by atoms with Crippen LogP contribution in [0.25, 0.3) is 0 Å². The molecule has 2 aromatic rings. The maximum absolute atomic E-state index is 14.3. The molecule has 1 unspecified atom stereocenters. The SMILES string of the molecule is CCOC(=O)C(Sc1cc(NC(=O)c2ccccc2)c(F)cc1Cl)C(C)C. The molecule has 1 amide bonds. The molecule has 7 heteroatoms. The molecule has 1 N–H and O–H groups in total. The van der Waals surface area contributed by atoms with Gasteiger partial charge >= 0.3 is 5.97 Å². The molecule has 0 saturated heterocycles. The average Bonchev–Trinajstić information content (AvgIpc) is 2.63. The fourth-order valence-corrected chi connectivity index (χ4v) is 3.67. The van der Waals surface area contributed by atoms with Gasteiger partial charge in [-0.3, -0.25) is 9.59 Å². The maximum atomic E-state index is 14.3. The normalized spacial score (nSPS) is 11.9. The van der Waals surface area contributed by atoms with Crippen molar-refractivity contribution in [2.45, 2.75) is 30.9 Å². The Morgan fingerprint density at radius 3 is 2.48 bits per heavy atom. The molecule has 0 radical (unpaired) electrons. The number of ether oxygens (including phenoxy) is 1. The van der Waals surface area contributed by atoms with Crippen LogP contribution in [0.3, 0.4) is 0 Å². The number of thioether (sulfide) groups is 1. The molecule has 0 aliphatic heterocycles. The van der Waals surface area contributed by atoms with Crippen LogP contribution >= 0.6 is 23.4 Å². The first-order valence-corrected chi connectivity index (χ1v) is 9.78. The van der Waals surface area contributed by atoms with Crippen molar-refractivity contribution in [2.24, 2.45) is 5.92 Å². The van der Waals surface area contributed by atoms with Gasteiger partial charge in [0.25, 0.3) is 5.91 Å². The van der Waals surface area contributed by atoms with Gasteiger partial charge in [0.15, 0.2) is 0 Å². The highest BCUT2D eigenvalue weighted by molar-refractivity contribution is 8.00. The first kappa shape index (κ1) is 21.3. The predicted octanol–water partition coefficient (Wildman–Crippen LogP) is 5.41. The third-order valence-corrected chi connectivity index (χ3v) is 5.69. The van der Waals surface area contributed by atoms with Crippen molar-refractivity contribution < 1.29 is 18.7 Å². The fourth-order valence-electron chi connectivity index (χ4n) is 2.32. The van der Waals surface area contributed by atoms with E-state index in [0.717, 1.165) is 6.07 Å². The van der Waals surface area contributed by atoms with Gasteiger partial charge in [-0.15, -0.1) is 11.8 Å². The first-order chi connectivity index (χ1) is 12.8. The molecule has 1 atom stereocenters. The molecule has 2 rings (SSSR count). The number of esters is 1. The topological polar surface area (TPSA) is 55.4 Å². The van der Waals surface area contributed by atoms with Gasteiger partial charge in [0.05, 0.1) is 17.3 Å². The Hall–Kier alpha value is -2.05. The second-order valence-electron chi connectivity index (χ2n) is 6.12. The van der Waals surface area contributed by atoms with Crippen LogP contribution in [0.5, 0.6) is 0 Å². The maximum Gasteiger partial charge on any atom is 0.319 e. The molecule has 0 aliphatic rings. The Bertz CT molecular complexity index is 814. The van der Waals surface area contributed by atoms with E-state index >= 15 is 0 Å². The largest absolute Gasteiger partial charge is 0.465 e. The van der Waals surface area contributed by atoms with Gasteiger partial charge in [0.2, 0.25) is 0 Å². The van der Waals surface area contributed by atoms with Crippen LogP contribution in [0.1, 0.15) is 31.1 Å². The molecule has 4 nitrogen and oxygen atoms in total. The third-order valence-electron chi connectivity index (χ3n) is 3.68. The van der Waals surface area contributed by atoms with Gasteiger partial charge in [-0.05, 0) is 37.1 Å². The summed E-state index contributed by atoms with van der Waals surface area (Å²) in [4.78, 5) is 25.0. The number of carbonyl (C=O) groups excluding carboxylic acids is 2. The number of nitrogens with one attached hydrogen (secondary N) is 1. The molecular formula is C20H21ClFNO3S. The van der Waals surface area contributed by atoms with E-state index in [1.165, 1.54) is 17.8 Å². The minimum atomic E-state index is -0.647. The Morgan fingerprint density at radius 1 is 1.22 bits per heavy atom. The van der Waals surface area contributed by atoms with Crippen LogP contribution in [0.2, 0.25) is 5.02 Å². The summed E-state index contributed by atoms with van der Waals surface area (Å²) < 4.78 is 19.4. The standard InChI is InChI=1S/C20H21ClFNO3S/c1-4-26-20(25)18(12(2)3)27-17-11-16(15(22)10-14(17)21)23-19(24)13-8-6-5-7-9-13/h5-12,18H,4H2,1-3H3,(H,23,24). The third kappa shape index (κ3) is 5.71. The van der Waals surface area contributed by atoms with Crippen LogP contribution < -0.4 is 5.32 Å². The van der Waals surface area contributed by atoms with Crippen LogP contribution in [0.15, 0.2) is 47.4 Å². The van der Waals surface area contributed by atoms with Crippen LogP contribution in [-0.2, 0) is 9.53 Å². The average molecular weight is 410 g/mol. The molecular weight excluding hydrogens is 389 g/mol. The van der Waals surface area contributed by atoms with E-state index in [4.69, 9.17) is 16.3 Å².